The second-order valence-electron chi connectivity index (χ2n) is 11.9. The van der Waals surface area contributed by atoms with Crippen LogP contribution in [0.1, 0.15) is 73.0 Å². The van der Waals surface area contributed by atoms with Gasteiger partial charge in [-0.15, -0.1) is 0 Å². The number of amides is 2. The Morgan fingerprint density at radius 3 is 2.65 bits per heavy atom. The zero-order valence-electron chi connectivity index (χ0n) is 24.7. The maximum atomic E-state index is 14.5. The van der Waals surface area contributed by atoms with Gasteiger partial charge in [-0.25, -0.2) is 24.1 Å². The van der Waals surface area contributed by atoms with E-state index >= 15 is 0 Å². The molecule has 3 N–H and O–H groups in total. The van der Waals surface area contributed by atoms with Crippen LogP contribution in [0.4, 0.5) is 15.0 Å². The molecule has 0 spiro atoms. The topological polar surface area (TPSA) is 152 Å². The van der Waals surface area contributed by atoms with Crippen LogP contribution < -0.4 is 15.4 Å². The first-order valence-corrected chi connectivity index (χ1v) is 14.3. The molecule has 0 saturated heterocycles. The highest BCUT2D eigenvalue weighted by Crippen LogP contribution is 2.29. The largest absolute Gasteiger partial charge is 0.469 e. The maximum Gasteiger partial charge on any atom is 0.410 e. The predicted molar refractivity (Wildman–Crippen MR) is 153 cm³/mol. The maximum absolute atomic E-state index is 14.5. The summed E-state index contributed by atoms with van der Waals surface area (Å²) in [5.41, 5.74) is 1.36. The van der Waals surface area contributed by atoms with Crippen LogP contribution in [0.3, 0.4) is 0 Å². The molecule has 43 heavy (non-hydrogen) atoms. The number of carbonyl (C=O) groups is 2. The van der Waals surface area contributed by atoms with Crippen molar-refractivity contribution in [3.8, 4) is 5.88 Å². The van der Waals surface area contributed by atoms with Gasteiger partial charge in [0.1, 0.15) is 18.0 Å². The van der Waals surface area contributed by atoms with Crippen LogP contribution in [0.25, 0.3) is 0 Å². The van der Waals surface area contributed by atoms with E-state index in [1.807, 2.05) is 6.92 Å². The molecule has 3 aromatic rings. The number of rotatable bonds is 9. The van der Waals surface area contributed by atoms with Crippen LogP contribution in [0.15, 0.2) is 35.3 Å². The predicted octanol–water partition coefficient (Wildman–Crippen LogP) is 3.91. The number of oxazole rings is 1. The average Bonchev–Trinajstić information content (AvgIpc) is 3.35. The number of aliphatic hydroxyl groups is 1. The number of hydrogen-bond acceptors (Lipinski definition) is 10. The SMILES string of the molecule is Cc1ncoc1COc1cc2c(cn1)C[C@@H]([C@H](O)CNC(=O)c1cc(NC3CCC3)ncc1F)N(C(=O)OC(C)(C)C)C2. The van der Waals surface area contributed by atoms with Crippen molar-refractivity contribution in [1.29, 1.82) is 0 Å². The minimum Gasteiger partial charge on any atom is -0.469 e. The first-order chi connectivity index (χ1) is 20.5. The van der Waals surface area contributed by atoms with E-state index in [-0.39, 0.29) is 37.7 Å². The molecule has 13 heteroatoms. The van der Waals surface area contributed by atoms with Crippen LogP contribution >= 0.6 is 0 Å². The second-order valence-corrected chi connectivity index (χ2v) is 11.9. The summed E-state index contributed by atoms with van der Waals surface area (Å²) in [7, 11) is 0. The summed E-state index contributed by atoms with van der Waals surface area (Å²) in [6.07, 6.45) is 5.56. The lowest BCUT2D eigenvalue weighted by molar-refractivity contribution is -0.0114. The van der Waals surface area contributed by atoms with E-state index in [0.717, 1.165) is 42.3 Å². The Kier molecular flexibility index (Phi) is 8.81. The van der Waals surface area contributed by atoms with Crippen LogP contribution in [0.2, 0.25) is 0 Å². The highest BCUT2D eigenvalue weighted by atomic mass is 19.1. The zero-order chi connectivity index (χ0) is 30.7. The van der Waals surface area contributed by atoms with Gasteiger partial charge in [-0.05, 0) is 70.6 Å². The summed E-state index contributed by atoms with van der Waals surface area (Å²) in [6.45, 7) is 7.12. The van der Waals surface area contributed by atoms with Gasteiger partial charge in [0.25, 0.3) is 5.91 Å². The summed E-state index contributed by atoms with van der Waals surface area (Å²) in [4.78, 5) is 40.1. The molecule has 0 radical (unpaired) electrons. The molecule has 1 saturated carbocycles. The van der Waals surface area contributed by atoms with Gasteiger partial charge >= 0.3 is 6.09 Å². The van der Waals surface area contributed by atoms with Crippen molar-refractivity contribution in [3.05, 3.63) is 64.9 Å². The Labute approximate surface area is 249 Å². The number of nitrogens with one attached hydrogen (secondary N) is 2. The molecule has 1 aliphatic carbocycles. The average molecular weight is 597 g/mol. The molecule has 0 aromatic carbocycles. The molecular formula is C30H37FN6O6. The molecule has 230 valence electrons. The van der Waals surface area contributed by atoms with Gasteiger partial charge in [-0.2, -0.15) is 0 Å². The Morgan fingerprint density at radius 1 is 1.19 bits per heavy atom. The van der Waals surface area contributed by atoms with Crippen molar-refractivity contribution in [2.45, 2.75) is 90.3 Å². The molecule has 1 fully saturated rings. The Morgan fingerprint density at radius 2 is 1.98 bits per heavy atom. The number of nitrogens with zero attached hydrogens (tertiary/aromatic N) is 4. The van der Waals surface area contributed by atoms with Crippen LogP contribution in [0.5, 0.6) is 5.88 Å². The summed E-state index contributed by atoms with van der Waals surface area (Å²) in [5.74, 6) is -0.117. The normalized spacial score (nSPS) is 17.4. The number of fused-ring (bicyclic) bond motifs is 1. The van der Waals surface area contributed by atoms with Gasteiger partial charge in [-0.1, -0.05) is 0 Å². The lowest BCUT2D eigenvalue weighted by Crippen LogP contribution is -2.54. The Hall–Kier alpha value is -4.26. The smallest absolute Gasteiger partial charge is 0.410 e. The highest BCUT2D eigenvalue weighted by Gasteiger charge is 2.37. The Balaban J connectivity index is 1.28. The first kappa shape index (κ1) is 30.2. The zero-order valence-corrected chi connectivity index (χ0v) is 24.7. The minimum atomic E-state index is -1.19. The fourth-order valence-corrected chi connectivity index (χ4v) is 4.90. The number of pyridine rings is 2. The third-order valence-electron chi connectivity index (χ3n) is 7.52. The van der Waals surface area contributed by atoms with E-state index < -0.39 is 35.6 Å². The monoisotopic (exact) mass is 596 g/mol. The van der Waals surface area contributed by atoms with E-state index in [4.69, 9.17) is 13.9 Å². The van der Waals surface area contributed by atoms with Gasteiger partial charge < -0.3 is 29.6 Å². The van der Waals surface area contributed by atoms with Gasteiger partial charge in [0.2, 0.25) is 5.88 Å². The summed E-state index contributed by atoms with van der Waals surface area (Å²) < 4.78 is 31.2. The second kappa shape index (κ2) is 12.5. The molecule has 12 nitrogen and oxygen atoms in total. The quantitative estimate of drug-likeness (QED) is 0.332. The van der Waals surface area contributed by atoms with E-state index in [2.05, 4.69) is 25.6 Å². The number of hydrogen-bond donors (Lipinski definition) is 3. The number of aromatic nitrogens is 3. The van der Waals surface area contributed by atoms with Crippen molar-refractivity contribution in [2.24, 2.45) is 0 Å². The van der Waals surface area contributed by atoms with E-state index in [1.165, 1.54) is 17.4 Å². The molecule has 1 aliphatic heterocycles. The van der Waals surface area contributed by atoms with E-state index in [1.54, 1.807) is 33.0 Å². The molecular weight excluding hydrogens is 559 g/mol. The van der Waals surface area contributed by atoms with Crippen molar-refractivity contribution in [1.82, 2.24) is 25.2 Å². The molecule has 5 rings (SSSR count). The van der Waals surface area contributed by atoms with Crippen LogP contribution in [-0.2, 0) is 24.3 Å². The third-order valence-corrected chi connectivity index (χ3v) is 7.52. The molecule has 2 aliphatic rings. The molecule has 4 heterocycles. The lowest BCUT2D eigenvalue weighted by Gasteiger charge is -2.39. The number of halogens is 1. The van der Waals surface area contributed by atoms with Gasteiger partial charge in [0.05, 0.1) is 29.6 Å². The van der Waals surface area contributed by atoms with Crippen LogP contribution in [-0.4, -0.2) is 67.3 Å². The van der Waals surface area contributed by atoms with Gasteiger partial charge in [0, 0.05) is 31.4 Å². The third kappa shape index (κ3) is 7.39. The minimum absolute atomic E-state index is 0.120. The Bertz CT molecular complexity index is 1470. The number of ether oxygens (including phenoxy) is 2. The summed E-state index contributed by atoms with van der Waals surface area (Å²) in [5, 5.41) is 17.0. The van der Waals surface area contributed by atoms with Crippen molar-refractivity contribution in [3.63, 3.8) is 0 Å². The van der Waals surface area contributed by atoms with Gasteiger partial charge in [0.15, 0.2) is 18.0 Å². The summed E-state index contributed by atoms with van der Waals surface area (Å²) in [6, 6.07) is 2.63. The number of anilines is 1. The number of aryl methyl sites for hydroxylation is 1. The molecule has 3 aromatic heterocycles. The molecule has 2 amide bonds. The van der Waals surface area contributed by atoms with Crippen molar-refractivity contribution >= 4 is 17.8 Å². The van der Waals surface area contributed by atoms with E-state index in [0.29, 0.717) is 17.5 Å². The molecule has 2 atom stereocenters. The molecule has 0 bridgehead atoms. The fraction of sp³-hybridized carbons (Fsp3) is 0.500. The fourth-order valence-electron chi connectivity index (χ4n) is 4.90. The van der Waals surface area contributed by atoms with Crippen LogP contribution in [0, 0.1) is 12.7 Å². The first-order valence-electron chi connectivity index (χ1n) is 14.3. The van der Waals surface area contributed by atoms with Gasteiger partial charge in [-0.3, -0.25) is 9.69 Å². The lowest BCUT2D eigenvalue weighted by atomic mass is 9.92. The van der Waals surface area contributed by atoms with Crippen molar-refractivity contribution in [2.75, 3.05) is 11.9 Å². The number of aliphatic hydroxyl groups excluding tert-OH is 1. The van der Waals surface area contributed by atoms with E-state index in [9.17, 15) is 19.1 Å². The number of carbonyl (C=O) groups excluding carboxylic acids is 2. The van der Waals surface area contributed by atoms with Crippen molar-refractivity contribution < 1.29 is 33.0 Å². The highest BCUT2D eigenvalue weighted by molar-refractivity contribution is 5.95. The standard InChI is InChI=1S/C30H37FN6O6/c1-17-25(42-16-35-17)15-41-27-9-19-14-37(29(40)43-30(2,3)4)23(8-18(19)11-33-27)24(38)13-34-28(39)21-10-26(32-12-22(21)31)36-20-6-5-7-20/h9-12,16,20,23-24,38H,5-8,13-15H2,1-4H3,(H,32,36)(H,34,39)/t23-,24+/m0/s1. The molecule has 0 unspecified atom stereocenters. The summed E-state index contributed by atoms with van der Waals surface area (Å²) >= 11 is 0.